The monoisotopic (exact) mass is 204 g/mol. The van der Waals surface area contributed by atoms with Gasteiger partial charge in [-0.15, -0.1) is 11.3 Å². The molecule has 0 bridgehead atoms. The SMILES string of the molecule is Oc1ccc2sc3c(c2c1)CCCC3. The first-order valence-corrected chi connectivity index (χ1v) is 5.89. The lowest BCUT2D eigenvalue weighted by atomic mass is 9.96. The van der Waals surface area contributed by atoms with Crippen LogP contribution >= 0.6 is 11.3 Å². The number of phenolic OH excluding ortho intramolecular Hbond substituents is 1. The maximum absolute atomic E-state index is 9.45. The Kier molecular flexibility index (Phi) is 1.77. The number of aromatic hydroxyl groups is 1. The average Bonchev–Trinajstić information content (AvgIpc) is 2.56. The minimum absolute atomic E-state index is 0.392. The molecule has 0 spiro atoms. The van der Waals surface area contributed by atoms with Gasteiger partial charge in [-0.3, -0.25) is 0 Å². The molecule has 1 aromatic heterocycles. The van der Waals surface area contributed by atoms with Crippen molar-refractivity contribution in [2.75, 3.05) is 0 Å². The van der Waals surface area contributed by atoms with Crippen LogP contribution in [0.4, 0.5) is 0 Å². The number of phenols is 1. The van der Waals surface area contributed by atoms with Gasteiger partial charge >= 0.3 is 0 Å². The second-order valence-corrected chi connectivity index (χ2v) is 5.03. The molecule has 1 aromatic carbocycles. The molecular formula is C12H12OS. The van der Waals surface area contributed by atoms with E-state index in [9.17, 15) is 5.11 Å². The Bertz CT molecular complexity index is 484. The van der Waals surface area contributed by atoms with Gasteiger partial charge in [0.15, 0.2) is 0 Å². The Hall–Kier alpha value is -1.02. The molecule has 1 aliphatic rings. The minimum Gasteiger partial charge on any atom is -0.508 e. The van der Waals surface area contributed by atoms with Crippen LogP contribution in [0.25, 0.3) is 10.1 Å². The fourth-order valence-corrected chi connectivity index (χ4v) is 3.53. The molecule has 0 amide bonds. The Morgan fingerprint density at radius 1 is 1.14 bits per heavy atom. The van der Waals surface area contributed by atoms with Crippen LogP contribution in [0.5, 0.6) is 5.75 Å². The molecule has 0 saturated heterocycles. The van der Waals surface area contributed by atoms with Crippen molar-refractivity contribution < 1.29 is 5.11 Å². The van der Waals surface area contributed by atoms with Crippen molar-refractivity contribution in [3.63, 3.8) is 0 Å². The number of aryl methyl sites for hydroxylation is 2. The van der Waals surface area contributed by atoms with E-state index in [-0.39, 0.29) is 0 Å². The van der Waals surface area contributed by atoms with E-state index in [1.165, 1.54) is 46.2 Å². The zero-order chi connectivity index (χ0) is 9.54. The molecule has 1 nitrogen and oxygen atoms in total. The normalized spacial score (nSPS) is 15.7. The first-order chi connectivity index (χ1) is 6.84. The van der Waals surface area contributed by atoms with Crippen LogP contribution in [0.15, 0.2) is 18.2 Å². The Balaban J connectivity index is 2.32. The van der Waals surface area contributed by atoms with Crippen molar-refractivity contribution in [1.29, 1.82) is 0 Å². The maximum atomic E-state index is 9.45. The number of rotatable bonds is 0. The second kappa shape index (κ2) is 2.99. The van der Waals surface area contributed by atoms with E-state index in [4.69, 9.17) is 0 Å². The second-order valence-electron chi connectivity index (χ2n) is 3.89. The summed E-state index contributed by atoms with van der Waals surface area (Å²) in [5.41, 5.74) is 1.49. The first-order valence-electron chi connectivity index (χ1n) is 5.08. The molecule has 1 N–H and O–H groups in total. The third-order valence-electron chi connectivity index (χ3n) is 2.94. The summed E-state index contributed by atoms with van der Waals surface area (Å²) < 4.78 is 1.33. The standard InChI is InChI=1S/C12H12OS/c13-8-5-6-12-10(7-8)9-3-1-2-4-11(9)14-12/h5-7,13H,1-4H2. The molecule has 72 valence electrons. The van der Waals surface area contributed by atoms with Crippen molar-refractivity contribution >= 4 is 21.4 Å². The van der Waals surface area contributed by atoms with Gasteiger partial charge in [0.2, 0.25) is 0 Å². The van der Waals surface area contributed by atoms with Crippen molar-refractivity contribution in [2.45, 2.75) is 25.7 Å². The van der Waals surface area contributed by atoms with E-state index in [1.54, 1.807) is 6.07 Å². The van der Waals surface area contributed by atoms with E-state index in [2.05, 4.69) is 0 Å². The molecule has 0 aliphatic heterocycles. The molecule has 3 rings (SSSR count). The molecule has 2 heteroatoms. The third-order valence-corrected chi connectivity index (χ3v) is 4.21. The molecule has 0 fully saturated rings. The minimum atomic E-state index is 0.392. The van der Waals surface area contributed by atoms with Crippen molar-refractivity contribution in [1.82, 2.24) is 0 Å². The van der Waals surface area contributed by atoms with E-state index in [0.717, 1.165) is 0 Å². The zero-order valence-electron chi connectivity index (χ0n) is 7.92. The molecule has 1 aliphatic carbocycles. The van der Waals surface area contributed by atoms with Crippen LogP contribution in [0.3, 0.4) is 0 Å². The van der Waals surface area contributed by atoms with E-state index in [0.29, 0.717) is 5.75 Å². The number of hydrogen-bond acceptors (Lipinski definition) is 2. The highest BCUT2D eigenvalue weighted by Gasteiger charge is 2.15. The van der Waals surface area contributed by atoms with E-state index in [1.807, 2.05) is 23.5 Å². The molecule has 1 heterocycles. The highest BCUT2D eigenvalue weighted by molar-refractivity contribution is 7.19. The molecule has 0 atom stereocenters. The topological polar surface area (TPSA) is 20.2 Å². The highest BCUT2D eigenvalue weighted by Crippen LogP contribution is 2.37. The lowest BCUT2D eigenvalue weighted by Crippen LogP contribution is -1.97. The summed E-state index contributed by atoms with van der Waals surface area (Å²) >= 11 is 1.90. The van der Waals surface area contributed by atoms with Crippen LogP contribution in [0.2, 0.25) is 0 Å². The van der Waals surface area contributed by atoms with Crippen molar-refractivity contribution in [2.24, 2.45) is 0 Å². The van der Waals surface area contributed by atoms with Gasteiger partial charge < -0.3 is 5.11 Å². The van der Waals surface area contributed by atoms with Gasteiger partial charge in [0.25, 0.3) is 0 Å². The molecule has 2 aromatic rings. The van der Waals surface area contributed by atoms with Crippen LogP contribution < -0.4 is 0 Å². The maximum Gasteiger partial charge on any atom is 0.116 e. The average molecular weight is 204 g/mol. The van der Waals surface area contributed by atoms with Crippen molar-refractivity contribution in [3.8, 4) is 5.75 Å². The fraction of sp³-hybridized carbons (Fsp3) is 0.333. The summed E-state index contributed by atoms with van der Waals surface area (Å²) in [5.74, 6) is 0.392. The summed E-state index contributed by atoms with van der Waals surface area (Å²) in [6.07, 6.45) is 5.05. The number of thiophene rings is 1. The lowest BCUT2D eigenvalue weighted by Gasteiger charge is -2.10. The first kappa shape index (κ1) is 8.30. The predicted octanol–water partition coefficient (Wildman–Crippen LogP) is 3.49. The largest absolute Gasteiger partial charge is 0.508 e. The van der Waals surface area contributed by atoms with Crippen LogP contribution in [0, 0.1) is 0 Å². The molecular weight excluding hydrogens is 192 g/mol. The van der Waals surface area contributed by atoms with Gasteiger partial charge in [-0.05, 0) is 54.8 Å². The molecule has 0 unspecified atom stereocenters. The zero-order valence-corrected chi connectivity index (χ0v) is 8.73. The number of hydrogen-bond donors (Lipinski definition) is 1. The number of fused-ring (bicyclic) bond motifs is 3. The molecule has 14 heavy (non-hydrogen) atoms. The third kappa shape index (κ3) is 1.14. The number of benzene rings is 1. The van der Waals surface area contributed by atoms with Gasteiger partial charge in [-0.1, -0.05) is 0 Å². The Morgan fingerprint density at radius 2 is 2.00 bits per heavy atom. The quantitative estimate of drug-likeness (QED) is 0.696. The summed E-state index contributed by atoms with van der Waals surface area (Å²) in [6, 6.07) is 5.73. The Morgan fingerprint density at radius 3 is 2.93 bits per heavy atom. The fourth-order valence-electron chi connectivity index (χ4n) is 2.25. The van der Waals surface area contributed by atoms with Gasteiger partial charge in [-0.25, -0.2) is 0 Å². The Labute approximate surface area is 87.0 Å². The van der Waals surface area contributed by atoms with Crippen LogP contribution in [0.1, 0.15) is 23.3 Å². The van der Waals surface area contributed by atoms with Gasteiger partial charge in [-0.2, -0.15) is 0 Å². The highest BCUT2D eigenvalue weighted by atomic mass is 32.1. The van der Waals surface area contributed by atoms with Gasteiger partial charge in [0, 0.05) is 9.58 Å². The van der Waals surface area contributed by atoms with Crippen LogP contribution in [-0.4, -0.2) is 5.11 Å². The predicted molar refractivity (Wildman–Crippen MR) is 60.1 cm³/mol. The lowest BCUT2D eigenvalue weighted by molar-refractivity contribution is 0.476. The van der Waals surface area contributed by atoms with Gasteiger partial charge in [0.1, 0.15) is 5.75 Å². The van der Waals surface area contributed by atoms with E-state index < -0.39 is 0 Å². The summed E-state index contributed by atoms with van der Waals surface area (Å²) in [4.78, 5) is 1.54. The van der Waals surface area contributed by atoms with E-state index >= 15 is 0 Å². The van der Waals surface area contributed by atoms with Gasteiger partial charge in [0.05, 0.1) is 0 Å². The molecule has 0 radical (unpaired) electrons. The summed E-state index contributed by atoms with van der Waals surface area (Å²) in [5, 5.41) is 10.7. The van der Waals surface area contributed by atoms with Crippen LogP contribution in [-0.2, 0) is 12.8 Å². The molecule has 0 saturated carbocycles. The smallest absolute Gasteiger partial charge is 0.116 e. The summed E-state index contributed by atoms with van der Waals surface area (Å²) in [6.45, 7) is 0. The summed E-state index contributed by atoms with van der Waals surface area (Å²) in [7, 11) is 0. The van der Waals surface area contributed by atoms with Crippen molar-refractivity contribution in [3.05, 3.63) is 28.6 Å².